The van der Waals surface area contributed by atoms with Crippen LogP contribution in [0.5, 0.6) is 0 Å². The maximum Gasteiger partial charge on any atom is 0.207 e. The van der Waals surface area contributed by atoms with Crippen molar-refractivity contribution in [3.8, 4) is 11.1 Å². The molecular weight excluding hydrogens is 462 g/mol. The van der Waals surface area contributed by atoms with Gasteiger partial charge in [0.2, 0.25) is 6.41 Å². The highest BCUT2D eigenvalue weighted by Gasteiger charge is 2.24. The Morgan fingerprint density at radius 3 is 2.30 bits per heavy atom. The van der Waals surface area contributed by atoms with Crippen molar-refractivity contribution in [2.75, 3.05) is 12.3 Å². The van der Waals surface area contributed by atoms with Gasteiger partial charge in [0.25, 0.3) is 0 Å². The zero-order valence-corrected chi connectivity index (χ0v) is 22.3. The molecule has 7 heteroatoms. The van der Waals surface area contributed by atoms with Gasteiger partial charge in [0.05, 0.1) is 16.6 Å². The van der Waals surface area contributed by atoms with E-state index >= 15 is 0 Å². The van der Waals surface area contributed by atoms with Crippen LogP contribution in [0.1, 0.15) is 65.1 Å². The number of fused-ring (bicyclic) bond motifs is 3. The number of nitrogens with two attached hydrogens (primary N) is 1. The van der Waals surface area contributed by atoms with Gasteiger partial charge >= 0.3 is 0 Å². The quantitative estimate of drug-likeness (QED) is 0.279. The van der Waals surface area contributed by atoms with E-state index in [1.165, 1.54) is 38.5 Å². The molecule has 1 aliphatic rings. The summed E-state index contributed by atoms with van der Waals surface area (Å²) in [4.78, 5) is 20.5. The maximum atomic E-state index is 11.1. The first-order valence-electron chi connectivity index (χ1n) is 13.4. The first kappa shape index (κ1) is 26.6. The largest absolute Gasteiger partial charge is 0.382 e. The number of aromatic nitrogens is 3. The Bertz CT molecular complexity index is 1320. The van der Waals surface area contributed by atoms with E-state index in [1.807, 2.05) is 39.0 Å². The van der Waals surface area contributed by atoms with Gasteiger partial charge in [-0.1, -0.05) is 81.0 Å². The van der Waals surface area contributed by atoms with Crippen molar-refractivity contribution in [1.29, 1.82) is 0 Å². The average molecular weight is 502 g/mol. The van der Waals surface area contributed by atoms with Gasteiger partial charge in [0.1, 0.15) is 17.9 Å². The van der Waals surface area contributed by atoms with Crippen molar-refractivity contribution in [3.05, 3.63) is 54.4 Å². The van der Waals surface area contributed by atoms with E-state index in [2.05, 4.69) is 45.2 Å². The predicted molar refractivity (Wildman–Crippen MR) is 151 cm³/mol. The molecule has 196 valence electrons. The van der Waals surface area contributed by atoms with Gasteiger partial charge in [-0.15, -0.1) is 0 Å². The number of pyridine rings is 1. The molecule has 1 fully saturated rings. The summed E-state index contributed by atoms with van der Waals surface area (Å²) in [6, 6.07) is 16.4. The standard InChI is InChI=1S/C24H27N5O2.C6H12/c1-4-31-13-20-28-21-22(29(20)14-24(2,3)26-15-30)18-11-10-17(12-19(18)27-23(21)25)16-8-6-5-7-9-16;1-2-4-6-5-3-1/h5-12,15H,4,13-14H2,1-3H3,(H2,25,27)(H,26,30);1-6H2. The number of carbonyl (C=O) groups is 1. The number of rotatable bonds is 8. The molecule has 1 amide bonds. The van der Waals surface area contributed by atoms with Crippen LogP contribution in [-0.4, -0.2) is 33.1 Å². The summed E-state index contributed by atoms with van der Waals surface area (Å²) < 4.78 is 7.75. The van der Waals surface area contributed by atoms with Crippen molar-refractivity contribution in [1.82, 2.24) is 19.9 Å². The van der Waals surface area contributed by atoms with E-state index in [4.69, 9.17) is 15.5 Å². The third kappa shape index (κ3) is 6.46. The third-order valence-electron chi connectivity index (χ3n) is 6.83. The minimum Gasteiger partial charge on any atom is -0.382 e. The zero-order valence-electron chi connectivity index (χ0n) is 22.3. The van der Waals surface area contributed by atoms with E-state index in [9.17, 15) is 4.79 Å². The number of benzene rings is 2. The summed E-state index contributed by atoms with van der Waals surface area (Å²) in [6.07, 6.45) is 9.72. The van der Waals surface area contributed by atoms with Gasteiger partial charge in [-0.2, -0.15) is 0 Å². The minimum absolute atomic E-state index is 0.353. The number of nitrogen functional groups attached to an aromatic ring is 1. The summed E-state index contributed by atoms with van der Waals surface area (Å²) in [5.41, 5.74) is 10.4. The molecule has 2 aromatic carbocycles. The van der Waals surface area contributed by atoms with Crippen molar-refractivity contribution < 1.29 is 9.53 Å². The molecule has 0 aliphatic heterocycles. The van der Waals surface area contributed by atoms with Crippen LogP contribution in [0.3, 0.4) is 0 Å². The van der Waals surface area contributed by atoms with E-state index < -0.39 is 5.54 Å². The monoisotopic (exact) mass is 501 g/mol. The van der Waals surface area contributed by atoms with Gasteiger partial charge in [0.15, 0.2) is 5.82 Å². The fourth-order valence-corrected chi connectivity index (χ4v) is 4.90. The lowest BCUT2D eigenvalue weighted by Gasteiger charge is -2.26. The number of anilines is 1. The minimum atomic E-state index is -0.481. The van der Waals surface area contributed by atoms with Crippen LogP contribution in [0.15, 0.2) is 48.5 Å². The number of nitrogens with one attached hydrogen (secondary N) is 1. The number of hydrogen-bond donors (Lipinski definition) is 2. The summed E-state index contributed by atoms with van der Waals surface area (Å²) in [5.74, 6) is 1.14. The molecule has 1 aliphatic carbocycles. The molecule has 0 radical (unpaired) electrons. The second-order valence-corrected chi connectivity index (χ2v) is 10.3. The number of ether oxygens (including phenoxy) is 1. The molecule has 0 atom stereocenters. The molecule has 0 spiro atoms. The van der Waals surface area contributed by atoms with Gasteiger partial charge in [-0.25, -0.2) is 9.97 Å². The fraction of sp³-hybridized carbons (Fsp3) is 0.433. The van der Waals surface area contributed by atoms with Crippen molar-refractivity contribution in [3.63, 3.8) is 0 Å². The second-order valence-electron chi connectivity index (χ2n) is 10.3. The van der Waals surface area contributed by atoms with Crippen LogP contribution in [0, 0.1) is 0 Å². The van der Waals surface area contributed by atoms with Gasteiger partial charge in [-0.05, 0) is 38.0 Å². The molecule has 2 aromatic heterocycles. The second kappa shape index (κ2) is 12.2. The lowest BCUT2D eigenvalue weighted by Crippen LogP contribution is -2.42. The van der Waals surface area contributed by atoms with E-state index in [0.717, 1.165) is 39.8 Å². The van der Waals surface area contributed by atoms with Crippen LogP contribution in [0.2, 0.25) is 0 Å². The molecule has 0 saturated heterocycles. The number of nitrogens with zero attached hydrogens (tertiary/aromatic N) is 3. The number of hydrogen-bond acceptors (Lipinski definition) is 5. The Hall–Kier alpha value is -3.45. The van der Waals surface area contributed by atoms with Gasteiger partial charge in [-0.3, -0.25) is 4.79 Å². The summed E-state index contributed by atoms with van der Waals surface area (Å²) in [6.45, 7) is 7.33. The molecule has 37 heavy (non-hydrogen) atoms. The Labute approximate surface area is 219 Å². The van der Waals surface area contributed by atoms with Crippen LogP contribution in [0.25, 0.3) is 33.1 Å². The highest BCUT2D eigenvalue weighted by molar-refractivity contribution is 6.07. The summed E-state index contributed by atoms with van der Waals surface area (Å²) in [5, 5.41) is 3.84. The fourth-order valence-electron chi connectivity index (χ4n) is 4.90. The first-order valence-corrected chi connectivity index (χ1v) is 13.4. The number of carbonyl (C=O) groups excluding carboxylic acids is 1. The lowest BCUT2D eigenvalue weighted by molar-refractivity contribution is -0.111. The average Bonchev–Trinajstić information content (AvgIpc) is 3.27. The molecule has 2 heterocycles. The Balaban J connectivity index is 0.000000469. The van der Waals surface area contributed by atoms with Crippen molar-refractivity contribution in [2.24, 2.45) is 0 Å². The normalized spacial score (nSPS) is 13.8. The number of amides is 1. The Morgan fingerprint density at radius 2 is 1.68 bits per heavy atom. The van der Waals surface area contributed by atoms with Crippen molar-refractivity contribution in [2.45, 2.75) is 78.0 Å². The molecular formula is C30H39N5O2. The zero-order chi connectivity index (χ0) is 26.3. The predicted octanol–water partition coefficient (Wildman–Crippen LogP) is 6.24. The molecule has 3 N–H and O–H groups in total. The molecule has 5 rings (SSSR count). The smallest absolute Gasteiger partial charge is 0.207 e. The lowest BCUT2D eigenvalue weighted by atomic mass is 10.0. The molecule has 0 bridgehead atoms. The molecule has 4 aromatic rings. The first-order chi connectivity index (χ1) is 17.9. The van der Waals surface area contributed by atoms with Crippen molar-refractivity contribution >= 4 is 34.2 Å². The molecule has 0 unspecified atom stereocenters. The maximum absolute atomic E-state index is 11.1. The topological polar surface area (TPSA) is 95.1 Å². The Morgan fingerprint density at radius 1 is 1.00 bits per heavy atom. The SMILES string of the molecule is C1CCCCC1.CCOCc1nc2c(N)nc3cc(-c4ccccc4)ccc3c2n1CC(C)(C)NC=O. The van der Waals surface area contributed by atoms with Crippen LogP contribution < -0.4 is 11.1 Å². The number of imidazole rings is 1. The summed E-state index contributed by atoms with van der Waals surface area (Å²) in [7, 11) is 0. The van der Waals surface area contributed by atoms with Crippen LogP contribution in [0.4, 0.5) is 5.82 Å². The van der Waals surface area contributed by atoms with E-state index in [-0.39, 0.29) is 0 Å². The van der Waals surface area contributed by atoms with Gasteiger partial charge < -0.3 is 20.4 Å². The van der Waals surface area contributed by atoms with Crippen LogP contribution >= 0.6 is 0 Å². The van der Waals surface area contributed by atoms with Crippen LogP contribution in [-0.2, 0) is 22.7 Å². The van der Waals surface area contributed by atoms with Gasteiger partial charge in [0, 0.05) is 18.5 Å². The van der Waals surface area contributed by atoms with E-state index in [1.54, 1.807) is 0 Å². The van der Waals surface area contributed by atoms with E-state index in [0.29, 0.717) is 31.1 Å². The molecule has 7 nitrogen and oxygen atoms in total. The third-order valence-corrected chi connectivity index (χ3v) is 6.83. The molecule has 1 saturated carbocycles. The highest BCUT2D eigenvalue weighted by atomic mass is 16.5. The Kier molecular flexibility index (Phi) is 8.77. The summed E-state index contributed by atoms with van der Waals surface area (Å²) >= 11 is 0. The highest BCUT2D eigenvalue weighted by Crippen LogP contribution is 2.32.